The lowest BCUT2D eigenvalue weighted by Crippen LogP contribution is -2.19. The van der Waals surface area contributed by atoms with Crippen molar-refractivity contribution in [1.29, 1.82) is 10.5 Å². The molecule has 1 aliphatic heterocycles. The van der Waals surface area contributed by atoms with E-state index in [0.717, 1.165) is 22.3 Å². The predicted molar refractivity (Wildman–Crippen MR) is 190 cm³/mol. The normalized spacial score (nSPS) is 13.2. The molecule has 0 fully saturated rings. The van der Waals surface area contributed by atoms with Crippen molar-refractivity contribution in [3.8, 4) is 58.1 Å². The minimum absolute atomic E-state index is 0.269. The van der Waals surface area contributed by atoms with Crippen LogP contribution in [0.15, 0.2) is 60.7 Å². The van der Waals surface area contributed by atoms with Crippen LogP contribution in [-0.2, 0) is 21.7 Å². The molecule has 1 aliphatic rings. The van der Waals surface area contributed by atoms with Gasteiger partial charge in [-0.15, -0.1) is 0 Å². The first-order chi connectivity index (χ1) is 22.2. The van der Waals surface area contributed by atoms with E-state index < -0.39 is 0 Å². The Morgan fingerprint density at radius 3 is 0.792 bits per heavy atom. The maximum atomic E-state index is 10.5. The van der Waals surface area contributed by atoms with Gasteiger partial charge in [0.05, 0.1) is 0 Å². The molecule has 0 radical (unpaired) electrons. The first-order valence-electron chi connectivity index (χ1n) is 16.4. The molecule has 0 unspecified atom stereocenters. The van der Waals surface area contributed by atoms with Gasteiger partial charge in [0.25, 0.3) is 0 Å². The molecule has 0 aromatic heterocycles. The lowest BCUT2D eigenvalue weighted by molar-refractivity contribution is 0.410. The second-order valence-corrected chi connectivity index (χ2v) is 16.6. The van der Waals surface area contributed by atoms with E-state index in [1.54, 1.807) is 24.3 Å². The Hall–Kier alpha value is -4.94. The SMILES string of the molecule is CC(C)(C)c1cc(C(C)(C)C)c2cc1Oc1cccc(c1C#N)Oc1cc(c(C(C)(C)C)cc1C(C)(C)C)Oc1cccc(c1C#N)O2. The second-order valence-electron chi connectivity index (χ2n) is 16.6. The molecule has 248 valence electrons. The lowest BCUT2D eigenvalue weighted by Gasteiger charge is -2.30. The average molecular weight is 643 g/mol. The Morgan fingerprint density at radius 2 is 0.604 bits per heavy atom. The molecule has 1 heterocycles. The van der Waals surface area contributed by atoms with E-state index in [4.69, 9.17) is 18.9 Å². The number of rotatable bonds is 0. The number of nitriles is 2. The van der Waals surface area contributed by atoms with Crippen LogP contribution in [0.1, 0.15) is 116 Å². The third-order valence-electron chi connectivity index (χ3n) is 8.47. The fourth-order valence-corrected chi connectivity index (χ4v) is 5.86. The maximum absolute atomic E-state index is 10.5. The summed E-state index contributed by atoms with van der Waals surface area (Å²) in [4.78, 5) is 0. The van der Waals surface area contributed by atoms with Gasteiger partial charge in [-0.25, -0.2) is 0 Å². The van der Waals surface area contributed by atoms with Crippen LogP contribution in [-0.4, -0.2) is 0 Å². The second kappa shape index (κ2) is 11.9. The minimum Gasteiger partial charge on any atom is -0.455 e. The van der Waals surface area contributed by atoms with E-state index >= 15 is 0 Å². The molecule has 8 bridgehead atoms. The van der Waals surface area contributed by atoms with Gasteiger partial charge in [-0.05, 0) is 58.1 Å². The molecular weight excluding hydrogens is 596 g/mol. The van der Waals surface area contributed by atoms with Gasteiger partial charge in [0, 0.05) is 34.4 Å². The third kappa shape index (κ3) is 6.71. The van der Waals surface area contributed by atoms with Gasteiger partial charge in [-0.1, -0.05) is 95.2 Å². The fraction of sp³-hybridized carbons (Fsp3) is 0.381. The van der Waals surface area contributed by atoms with E-state index in [9.17, 15) is 10.5 Å². The molecule has 5 rings (SSSR count). The zero-order valence-electron chi connectivity index (χ0n) is 30.3. The van der Waals surface area contributed by atoms with Crippen LogP contribution in [0.5, 0.6) is 46.0 Å². The van der Waals surface area contributed by atoms with Crippen LogP contribution < -0.4 is 18.9 Å². The Kier molecular flexibility index (Phi) is 8.56. The highest BCUT2D eigenvalue weighted by atomic mass is 16.5. The van der Waals surface area contributed by atoms with Crippen molar-refractivity contribution >= 4 is 0 Å². The molecule has 0 spiro atoms. The predicted octanol–water partition coefficient (Wildman–Crippen LogP) is 12.1. The van der Waals surface area contributed by atoms with Crippen molar-refractivity contribution in [3.05, 3.63) is 94.0 Å². The van der Waals surface area contributed by atoms with Crippen LogP contribution in [0.25, 0.3) is 0 Å². The summed E-state index contributed by atoms with van der Waals surface area (Å²) in [5, 5.41) is 21.0. The molecule has 0 saturated carbocycles. The van der Waals surface area contributed by atoms with Crippen LogP contribution in [0.3, 0.4) is 0 Å². The van der Waals surface area contributed by atoms with E-state index in [-0.39, 0.29) is 32.8 Å². The minimum atomic E-state index is -0.312. The van der Waals surface area contributed by atoms with Crippen molar-refractivity contribution in [1.82, 2.24) is 0 Å². The van der Waals surface area contributed by atoms with Crippen molar-refractivity contribution in [2.75, 3.05) is 0 Å². The van der Waals surface area contributed by atoms with E-state index in [1.807, 2.05) is 24.3 Å². The standard InChI is InChI=1S/C42H46N2O4/c1-39(2,3)27-19-28(40(4,5)6)36-21-35(27)45-31-15-13-16-32(25(31)23-43)47-37-22-38(30(42(10,11)12)20-29(37)41(7,8)9)48-34-18-14-17-33(46-36)26(34)24-44/h13-22H,1-12H3. The van der Waals surface area contributed by atoms with Crippen LogP contribution in [0.2, 0.25) is 0 Å². The zero-order chi connectivity index (χ0) is 35.4. The molecular formula is C42H46N2O4. The number of benzene rings is 4. The molecule has 48 heavy (non-hydrogen) atoms. The van der Waals surface area contributed by atoms with Crippen LogP contribution >= 0.6 is 0 Å². The highest BCUT2D eigenvalue weighted by molar-refractivity contribution is 5.62. The van der Waals surface area contributed by atoms with Crippen LogP contribution in [0, 0.1) is 22.7 Å². The summed E-state index contributed by atoms with van der Waals surface area (Å²) in [6.45, 7) is 25.5. The number of fused-ring (bicyclic) bond motifs is 8. The number of nitrogens with zero attached hydrogens (tertiary/aromatic N) is 2. The average Bonchev–Trinajstić information content (AvgIpc) is 2.95. The van der Waals surface area contributed by atoms with E-state index in [1.165, 1.54) is 0 Å². The molecule has 0 N–H and O–H groups in total. The first-order valence-corrected chi connectivity index (χ1v) is 16.4. The quantitative estimate of drug-likeness (QED) is 0.167. The van der Waals surface area contributed by atoms with Gasteiger partial charge in [0.15, 0.2) is 0 Å². The van der Waals surface area contributed by atoms with Crippen molar-refractivity contribution in [2.24, 2.45) is 0 Å². The summed E-state index contributed by atoms with van der Waals surface area (Å²) in [6, 6.07) is 23.4. The van der Waals surface area contributed by atoms with E-state index in [0.29, 0.717) is 46.0 Å². The molecule has 0 amide bonds. The lowest BCUT2D eigenvalue weighted by atomic mass is 9.79. The van der Waals surface area contributed by atoms with Gasteiger partial charge < -0.3 is 18.9 Å². The number of ether oxygens (including phenoxy) is 4. The molecule has 4 aromatic rings. The number of hydrogen-bond donors (Lipinski definition) is 0. The summed E-state index contributed by atoms with van der Waals surface area (Å²) in [5.41, 5.74) is 3.09. The Balaban J connectivity index is 1.90. The summed E-state index contributed by atoms with van der Waals surface area (Å²) < 4.78 is 26.7. The van der Waals surface area contributed by atoms with Crippen molar-refractivity contribution in [2.45, 2.75) is 105 Å². The molecule has 6 nitrogen and oxygen atoms in total. The Labute approximate surface area is 285 Å². The van der Waals surface area contributed by atoms with Gasteiger partial charge >= 0.3 is 0 Å². The van der Waals surface area contributed by atoms with Gasteiger partial charge in [-0.3, -0.25) is 0 Å². The first kappa shape index (κ1) is 34.4. The third-order valence-corrected chi connectivity index (χ3v) is 8.47. The summed E-state index contributed by atoms with van der Waals surface area (Å²) in [7, 11) is 0. The Morgan fingerprint density at radius 1 is 0.375 bits per heavy atom. The summed E-state index contributed by atoms with van der Waals surface area (Å²) in [5.74, 6) is 3.63. The van der Waals surface area contributed by atoms with Gasteiger partial charge in [0.1, 0.15) is 69.3 Å². The van der Waals surface area contributed by atoms with Crippen LogP contribution in [0.4, 0.5) is 0 Å². The monoisotopic (exact) mass is 642 g/mol. The molecule has 0 aliphatic carbocycles. The maximum Gasteiger partial charge on any atom is 0.149 e. The van der Waals surface area contributed by atoms with Crippen molar-refractivity contribution < 1.29 is 18.9 Å². The summed E-state index contributed by atoms with van der Waals surface area (Å²) in [6.07, 6.45) is 0. The van der Waals surface area contributed by atoms with E-state index in [2.05, 4.69) is 107 Å². The smallest absolute Gasteiger partial charge is 0.149 e. The van der Waals surface area contributed by atoms with Crippen molar-refractivity contribution in [3.63, 3.8) is 0 Å². The number of hydrogen-bond acceptors (Lipinski definition) is 6. The van der Waals surface area contributed by atoms with Gasteiger partial charge in [0.2, 0.25) is 0 Å². The topological polar surface area (TPSA) is 84.5 Å². The largest absolute Gasteiger partial charge is 0.455 e. The molecule has 6 heteroatoms. The highest BCUT2D eigenvalue weighted by Crippen LogP contribution is 2.49. The molecule has 0 saturated heterocycles. The highest BCUT2D eigenvalue weighted by Gasteiger charge is 2.31. The Bertz CT molecular complexity index is 1720. The van der Waals surface area contributed by atoms with Gasteiger partial charge in [-0.2, -0.15) is 10.5 Å². The molecule has 4 aromatic carbocycles. The summed E-state index contributed by atoms with van der Waals surface area (Å²) >= 11 is 0. The fourth-order valence-electron chi connectivity index (χ4n) is 5.86. The molecule has 0 atom stereocenters. The zero-order valence-corrected chi connectivity index (χ0v) is 30.3.